The van der Waals surface area contributed by atoms with Gasteiger partial charge in [0.2, 0.25) is 0 Å². The number of ether oxygens (including phenoxy) is 1. The van der Waals surface area contributed by atoms with Crippen molar-refractivity contribution in [3.63, 3.8) is 0 Å². The lowest BCUT2D eigenvalue weighted by Gasteiger charge is -2.51. The number of allylic oxidation sites excluding steroid dienone is 2. The van der Waals surface area contributed by atoms with E-state index in [1.165, 1.54) is 19.1 Å². The van der Waals surface area contributed by atoms with Crippen LogP contribution in [0.4, 0.5) is 0 Å². The number of hydrogen-bond acceptors (Lipinski definition) is 10. The van der Waals surface area contributed by atoms with Gasteiger partial charge >= 0.3 is 0 Å². The number of phenols is 1. The molecule has 0 amide bonds. The van der Waals surface area contributed by atoms with E-state index in [0.29, 0.717) is 0 Å². The average Bonchev–Trinajstić information content (AvgIpc) is 2.75. The van der Waals surface area contributed by atoms with E-state index in [4.69, 9.17) is 4.74 Å². The van der Waals surface area contributed by atoms with Crippen LogP contribution >= 0.6 is 0 Å². The second-order valence-corrected chi connectivity index (χ2v) is 10.2. The van der Waals surface area contributed by atoms with Gasteiger partial charge in [0.15, 0.2) is 23.0 Å². The molecule has 10 nitrogen and oxygen atoms in total. The van der Waals surface area contributed by atoms with E-state index in [9.17, 15) is 45.0 Å². The van der Waals surface area contributed by atoms with Crippen molar-refractivity contribution < 1.29 is 49.8 Å². The SMILES string of the molecule is C[C@@H]1O[C@H](c2ccc3c(c2O)C(=O)C2=C(C3=O)[C@@]3(O)C(=O)C[C@](C)(O)C[C@@]3(O)C=C2)C[C@H](O)[C@@H]1O. The first-order chi connectivity index (χ1) is 16.2. The van der Waals surface area contributed by atoms with Crippen molar-refractivity contribution in [2.24, 2.45) is 0 Å². The highest BCUT2D eigenvalue weighted by molar-refractivity contribution is 6.31. The van der Waals surface area contributed by atoms with Gasteiger partial charge in [0.1, 0.15) is 17.5 Å². The van der Waals surface area contributed by atoms with Gasteiger partial charge in [0.25, 0.3) is 0 Å². The number of carbonyl (C=O) groups excluding carboxylic acids is 3. The lowest BCUT2D eigenvalue weighted by molar-refractivity contribution is -0.183. The fourth-order valence-electron chi connectivity index (χ4n) is 5.82. The van der Waals surface area contributed by atoms with Crippen molar-refractivity contribution in [1.29, 1.82) is 0 Å². The van der Waals surface area contributed by atoms with Crippen LogP contribution in [0.2, 0.25) is 0 Å². The van der Waals surface area contributed by atoms with Crippen LogP contribution in [0.5, 0.6) is 5.75 Å². The summed E-state index contributed by atoms with van der Waals surface area (Å²) in [4.78, 5) is 40.0. The number of hydrogen-bond donors (Lipinski definition) is 6. The lowest BCUT2D eigenvalue weighted by atomic mass is 9.57. The molecule has 0 bridgehead atoms. The third kappa shape index (κ3) is 3.15. The van der Waals surface area contributed by atoms with E-state index in [2.05, 4.69) is 0 Å². The number of fused-ring (bicyclic) bond motifs is 3. The summed E-state index contributed by atoms with van der Waals surface area (Å²) in [6, 6.07) is 2.60. The molecular formula is C25H26O10. The molecule has 35 heavy (non-hydrogen) atoms. The van der Waals surface area contributed by atoms with E-state index in [0.717, 1.165) is 12.2 Å². The summed E-state index contributed by atoms with van der Waals surface area (Å²) in [5.74, 6) is -3.30. The molecule has 0 spiro atoms. The van der Waals surface area contributed by atoms with Gasteiger partial charge in [0, 0.05) is 36.0 Å². The molecule has 6 N–H and O–H groups in total. The topological polar surface area (TPSA) is 182 Å². The molecule has 1 heterocycles. The maximum Gasteiger partial charge on any atom is 0.198 e. The normalized spacial score (nSPS) is 40.9. The fourth-order valence-corrected chi connectivity index (χ4v) is 5.82. The van der Waals surface area contributed by atoms with E-state index in [1.807, 2.05) is 0 Å². The molecule has 5 rings (SSSR count). The van der Waals surface area contributed by atoms with Gasteiger partial charge in [-0.3, -0.25) is 14.4 Å². The van der Waals surface area contributed by atoms with Gasteiger partial charge < -0.3 is 35.4 Å². The summed E-state index contributed by atoms with van der Waals surface area (Å²) >= 11 is 0. The third-order valence-electron chi connectivity index (χ3n) is 7.59. The number of carbonyl (C=O) groups is 3. The zero-order valence-electron chi connectivity index (χ0n) is 19.1. The van der Waals surface area contributed by atoms with Crippen LogP contribution in [0, 0.1) is 0 Å². The first kappa shape index (κ1) is 24.0. The first-order valence-electron chi connectivity index (χ1n) is 11.3. The Bertz CT molecular complexity index is 1230. The Morgan fingerprint density at radius 2 is 1.74 bits per heavy atom. The van der Waals surface area contributed by atoms with Crippen molar-refractivity contribution in [3.05, 3.63) is 52.1 Å². The molecule has 1 aromatic rings. The van der Waals surface area contributed by atoms with Crippen LogP contribution in [0.25, 0.3) is 0 Å². The van der Waals surface area contributed by atoms with Crippen LogP contribution in [0.1, 0.15) is 65.5 Å². The summed E-state index contributed by atoms with van der Waals surface area (Å²) in [6.45, 7) is 2.88. The molecule has 1 aromatic carbocycles. The number of ketones is 3. The molecule has 2 fully saturated rings. The molecule has 3 aliphatic carbocycles. The number of rotatable bonds is 1. The maximum absolute atomic E-state index is 13.5. The quantitative estimate of drug-likeness (QED) is 0.311. The summed E-state index contributed by atoms with van der Waals surface area (Å²) in [6.07, 6.45) is -2.78. The van der Waals surface area contributed by atoms with Crippen LogP contribution in [-0.2, 0) is 9.53 Å². The van der Waals surface area contributed by atoms with E-state index in [-0.39, 0.29) is 28.7 Å². The maximum atomic E-state index is 13.5. The van der Waals surface area contributed by atoms with Crippen molar-refractivity contribution in [3.8, 4) is 5.75 Å². The standard InChI is InChI=1S/C25H26O10/c1-10-19(28)14(26)7-15(35-10)11-3-4-12-17(20(11)29)21(30)13-5-6-24(33)9-23(2,32)8-16(27)25(24,34)18(13)22(12)31/h3-6,10,14-15,19,26,28-29,32-34H,7-9H2,1-2H3/t10-,14-,15-,19+,23-,24-,25-/m0/s1. The van der Waals surface area contributed by atoms with Crippen LogP contribution in [0.3, 0.4) is 0 Å². The molecule has 0 aromatic heterocycles. The van der Waals surface area contributed by atoms with Gasteiger partial charge in [-0.25, -0.2) is 0 Å². The molecule has 1 aliphatic heterocycles. The Balaban J connectivity index is 1.62. The number of Topliss-reactive ketones (excluding diaryl/α,β-unsaturated/α-hetero) is 3. The highest BCUT2D eigenvalue weighted by Gasteiger charge is 2.66. The predicted molar refractivity (Wildman–Crippen MR) is 118 cm³/mol. The van der Waals surface area contributed by atoms with E-state index < -0.39 is 82.7 Å². The average molecular weight is 486 g/mol. The van der Waals surface area contributed by atoms with Crippen LogP contribution < -0.4 is 0 Å². The first-order valence-corrected chi connectivity index (χ1v) is 11.3. The van der Waals surface area contributed by atoms with E-state index >= 15 is 0 Å². The van der Waals surface area contributed by atoms with Gasteiger partial charge in [-0.15, -0.1) is 0 Å². The summed E-state index contributed by atoms with van der Waals surface area (Å²) in [5.41, 5.74) is -8.12. The zero-order valence-corrected chi connectivity index (χ0v) is 19.1. The molecule has 186 valence electrons. The van der Waals surface area contributed by atoms with Crippen LogP contribution in [0.15, 0.2) is 35.4 Å². The number of phenolic OH excluding ortho intramolecular Hbond substituents is 1. The highest BCUT2D eigenvalue weighted by atomic mass is 16.5. The number of aliphatic hydroxyl groups is 5. The van der Waals surface area contributed by atoms with Gasteiger partial charge in [0.05, 0.1) is 35.0 Å². The molecule has 10 heteroatoms. The van der Waals surface area contributed by atoms with Crippen molar-refractivity contribution in [2.45, 2.75) is 74.3 Å². The fraction of sp³-hybridized carbons (Fsp3) is 0.480. The van der Waals surface area contributed by atoms with Gasteiger partial charge in [-0.2, -0.15) is 0 Å². The van der Waals surface area contributed by atoms with Gasteiger partial charge in [-0.05, 0) is 26.0 Å². The lowest BCUT2D eigenvalue weighted by Crippen LogP contribution is -2.69. The minimum absolute atomic E-state index is 0.0605. The molecule has 0 unspecified atom stereocenters. The van der Waals surface area contributed by atoms with Gasteiger partial charge in [-0.1, -0.05) is 12.1 Å². The number of aliphatic hydroxyl groups excluding tert-OH is 2. The second kappa shape index (κ2) is 7.39. The Kier molecular flexibility index (Phi) is 5.06. The van der Waals surface area contributed by atoms with Crippen molar-refractivity contribution in [2.75, 3.05) is 0 Å². The predicted octanol–water partition coefficient (Wildman–Crippen LogP) is -0.215. The highest BCUT2D eigenvalue weighted by Crippen LogP contribution is 2.51. The minimum atomic E-state index is -2.75. The molecule has 4 aliphatic rings. The molecule has 0 radical (unpaired) electrons. The van der Waals surface area contributed by atoms with Crippen LogP contribution in [-0.4, -0.2) is 83.1 Å². The Labute approximate surface area is 199 Å². The Morgan fingerprint density at radius 1 is 1.06 bits per heavy atom. The molecular weight excluding hydrogens is 460 g/mol. The monoisotopic (exact) mass is 486 g/mol. The third-order valence-corrected chi connectivity index (χ3v) is 7.59. The summed E-state index contributed by atoms with van der Waals surface area (Å²) in [5, 5.41) is 64.1. The van der Waals surface area contributed by atoms with Crippen molar-refractivity contribution in [1.82, 2.24) is 0 Å². The molecule has 1 saturated carbocycles. The van der Waals surface area contributed by atoms with Crippen molar-refractivity contribution >= 4 is 17.3 Å². The molecule has 7 atom stereocenters. The smallest absolute Gasteiger partial charge is 0.198 e. The summed E-state index contributed by atoms with van der Waals surface area (Å²) < 4.78 is 5.70. The Hall–Kier alpha value is -2.73. The summed E-state index contributed by atoms with van der Waals surface area (Å²) in [7, 11) is 0. The number of benzene rings is 1. The minimum Gasteiger partial charge on any atom is -0.507 e. The number of aromatic hydroxyl groups is 1. The second-order valence-electron chi connectivity index (χ2n) is 10.2. The Morgan fingerprint density at radius 3 is 2.40 bits per heavy atom. The molecule has 1 saturated heterocycles. The zero-order chi connectivity index (χ0) is 25.7. The van der Waals surface area contributed by atoms with E-state index in [1.54, 1.807) is 6.92 Å². The largest absolute Gasteiger partial charge is 0.507 e.